The Hall–Kier alpha value is -0.753. The van der Waals surface area contributed by atoms with E-state index in [-0.39, 0.29) is 23.2 Å². The third-order valence-electron chi connectivity index (χ3n) is 7.07. The van der Waals surface area contributed by atoms with Crippen LogP contribution in [0.4, 0.5) is 0 Å². The molecular formula is C26H46O4Si. The highest BCUT2D eigenvalue weighted by atomic mass is 28.4. The number of ether oxygens (including phenoxy) is 2. The van der Waals surface area contributed by atoms with Crippen molar-refractivity contribution in [3.05, 3.63) is 23.3 Å². The van der Waals surface area contributed by atoms with Gasteiger partial charge in [0.25, 0.3) is 0 Å². The Bertz CT molecular complexity index is 624. The summed E-state index contributed by atoms with van der Waals surface area (Å²) >= 11 is 0. The van der Waals surface area contributed by atoms with E-state index in [4.69, 9.17) is 13.9 Å². The van der Waals surface area contributed by atoms with E-state index in [9.17, 15) is 4.79 Å². The van der Waals surface area contributed by atoms with Crippen LogP contribution in [0.5, 0.6) is 0 Å². The molecule has 178 valence electrons. The quantitative estimate of drug-likeness (QED) is 0.181. The third kappa shape index (κ3) is 8.60. The molecule has 31 heavy (non-hydrogen) atoms. The van der Waals surface area contributed by atoms with Crippen LogP contribution in [0.15, 0.2) is 23.3 Å². The van der Waals surface area contributed by atoms with Crippen molar-refractivity contribution in [2.24, 2.45) is 0 Å². The minimum absolute atomic E-state index is 0.0330. The first-order valence-corrected chi connectivity index (χ1v) is 15.4. The molecule has 1 aliphatic carbocycles. The predicted octanol–water partition coefficient (Wildman–Crippen LogP) is 7.11. The summed E-state index contributed by atoms with van der Waals surface area (Å²) in [7, 11) is -1.75. The highest BCUT2D eigenvalue weighted by Gasteiger charge is 2.37. The highest BCUT2D eigenvalue weighted by molar-refractivity contribution is 6.74. The summed E-state index contributed by atoms with van der Waals surface area (Å²) in [6, 6.07) is 0. The summed E-state index contributed by atoms with van der Waals surface area (Å²) in [6.07, 6.45) is 13.8. The standard InChI is InChI=1S/C26H46O4Si/c1-7-8-9-12-22(27)15-16-23-21(18-20-29-31(5,6)26(2,3)4)14-17-24(23)30-25-13-10-11-19-28-25/h15-16,24-25H,7-14,17-20H2,1-6H3/b16-15+. The van der Waals surface area contributed by atoms with Crippen molar-refractivity contribution in [2.75, 3.05) is 13.2 Å². The highest BCUT2D eigenvalue weighted by Crippen LogP contribution is 2.38. The fourth-order valence-electron chi connectivity index (χ4n) is 3.93. The second-order valence-electron chi connectivity index (χ2n) is 10.6. The molecule has 0 aromatic rings. The molecule has 2 rings (SSSR count). The summed E-state index contributed by atoms with van der Waals surface area (Å²) in [4.78, 5) is 12.3. The van der Waals surface area contributed by atoms with Crippen LogP contribution in [0.25, 0.3) is 0 Å². The topological polar surface area (TPSA) is 44.8 Å². The number of carbonyl (C=O) groups excluding carboxylic acids is 1. The van der Waals surface area contributed by atoms with Crippen LogP contribution in [-0.4, -0.2) is 39.7 Å². The van der Waals surface area contributed by atoms with Crippen LogP contribution in [-0.2, 0) is 18.7 Å². The molecule has 0 spiro atoms. The van der Waals surface area contributed by atoms with E-state index in [1.807, 2.05) is 6.08 Å². The lowest BCUT2D eigenvalue weighted by Crippen LogP contribution is -2.41. The molecule has 2 aliphatic rings. The SMILES string of the molecule is CCCCCC(=O)/C=C/C1=C(CCO[Si](C)(C)C(C)(C)C)CCC1OC1CCCCO1. The Labute approximate surface area is 191 Å². The Morgan fingerprint density at radius 2 is 1.97 bits per heavy atom. The van der Waals surface area contributed by atoms with E-state index in [2.05, 4.69) is 40.8 Å². The van der Waals surface area contributed by atoms with Crippen molar-refractivity contribution in [1.29, 1.82) is 0 Å². The monoisotopic (exact) mass is 450 g/mol. The molecule has 1 aliphatic heterocycles. The van der Waals surface area contributed by atoms with Gasteiger partial charge in [-0.1, -0.05) is 52.2 Å². The maximum atomic E-state index is 12.3. The molecule has 1 saturated heterocycles. The zero-order valence-electron chi connectivity index (χ0n) is 20.9. The molecule has 2 atom stereocenters. The van der Waals surface area contributed by atoms with Crippen LogP contribution in [0.3, 0.4) is 0 Å². The maximum absolute atomic E-state index is 12.3. The normalized spacial score (nSPS) is 23.2. The number of hydrogen-bond donors (Lipinski definition) is 0. The summed E-state index contributed by atoms with van der Waals surface area (Å²) in [5, 5.41) is 0.217. The second-order valence-corrected chi connectivity index (χ2v) is 15.4. The van der Waals surface area contributed by atoms with Crippen LogP contribution in [0.2, 0.25) is 18.1 Å². The summed E-state index contributed by atoms with van der Waals surface area (Å²) in [5.41, 5.74) is 2.58. The van der Waals surface area contributed by atoms with Crippen LogP contribution >= 0.6 is 0 Å². The van der Waals surface area contributed by atoms with Crippen LogP contribution in [0.1, 0.15) is 91.9 Å². The molecule has 4 nitrogen and oxygen atoms in total. The summed E-state index contributed by atoms with van der Waals surface area (Å²) < 4.78 is 18.6. The number of unbranched alkanes of at least 4 members (excludes halogenated alkanes) is 2. The van der Waals surface area contributed by atoms with Gasteiger partial charge in [-0.25, -0.2) is 0 Å². The van der Waals surface area contributed by atoms with Gasteiger partial charge in [-0.15, -0.1) is 0 Å². The van der Waals surface area contributed by atoms with Gasteiger partial charge in [0.05, 0.1) is 6.10 Å². The van der Waals surface area contributed by atoms with E-state index in [0.717, 1.165) is 71.0 Å². The van der Waals surface area contributed by atoms with Crippen molar-refractivity contribution in [3.8, 4) is 0 Å². The lowest BCUT2D eigenvalue weighted by atomic mass is 10.1. The molecule has 0 N–H and O–H groups in total. The maximum Gasteiger partial charge on any atom is 0.191 e. The Morgan fingerprint density at radius 1 is 1.19 bits per heavy atom. The first kappa shape index (κ1) is 26.5. The fraction of sp³-hybridized carbons (Fsp3) is 0.808. The molecular weight excluding hydrogens is 404 g/mol. The van der Waals surface area contributed by atoms with E-state index in [0.29, 0.717) is 6.42 Å². The number of rotatable bonds is 12. The molecule has 0 aromatic heterocycles. The molecule has 1 fully saturated rings. The Kier molecular flexibility index (Phi) is 10.7. The van der Waals surface area contributed by atoms with Crippen molar-refractivity contribution < 1.29 is 18.7 Å². The van der Waals surface area contributed by atoms with Gasteiger partial charge in [-0.05, 0) is 74.7 Å². The first-order chi connectivity index (χ1) is 14.6. The average molecular weight is 451 g/mol. The first-order valence-electron chi connectivity index (χ1n) is 12.5. The number of allylic oxidation sites excluding steroid dienone is 1. The van der Waals surface area contributed by atoms with Gasteiger partial charge in [0.2, 0.25) is 0 Å². The van der Waals surface area contributed by atoms with Crippen molar-refractivity contribution in [3.63, 3.8) is 0 Å². The van der Waals surface area contributed by atoms with E-state index in [1.54, 1.807) is 6.08 Å². The van der Waals surface area contributed by atoms with Gasteiger partial charge in [0, 0.05) is 19.6 Å². The van der Waals surface area contributed by atoms with Gasteiger partial charge in [0.15, 0.2) is 20.4 Å². The zero-order chi connectivity index (χ0) is 22.9. The molecule has 0 radical (unpaired) electrons. The molecule has 0 bridgehead atoms. The Balaban J connectivity index is 2.05. The summed E-state index contributed by atoms with van der Waals surface area (Å²) in [5.74, 6) is 0.220. The molecule has 0 saturated carbocycles. The second kappa shape index (κ2) is 12.5. The number of hydrogen-bond acceptors (Lipinski definition) is 4. The minimum Gasteiger partial charge on any atom is -0.417 e. The number of ketones is 1. The molecule has 0 aromatic carbocycles. The van der Waals surface area contributed by atoms with Crippen molar-refractivity contribution in [2.45, 2.75) is 122 Å². The summed E-state index contributed by atoms with van der Waals surface area (Å²) in [6.45, 7) is 15.1. The molecule has 2 unspecified atom stereocenters. The predicted molar refractivity (Wildman–Crippen MR) is 131 cm³/mol. The van der Waals surface area contributed by atoms with Crippen LogP contribution in [0, 0.1) is 0 Å². The van der Waals surface area contributed by atoms with Gasteiger partial charge < -0.3 is 13.9 Å². The fourth-order valence-corrected chi connectivity index (χ4v) is 4.98. The lowest BCUT2D eigenvalue weighted by molar-refractivity contribution is -0.179. The Morgan fingerprint density at radius 3 is 2.61 bits per heavy atom. The largest absolute Gasteiger partial charge is 0.417 e. The molecule has 5 heteroatoms. The lowest BCUT2D eigenvalue weighted by Gasteiger charge is -2.36. The average Bonchev–Trinajstić information content (AvgIpc) is 3.07. The zero-order valence-corrected chi connectivity index (χ0v) is 21.9. The smallest absolute Gasteiger partial charge is 0.191 e. The van der Waals surface area contributed by atoms with Crippen molar-refractivity contribution >= 4 is 14.1 Å². The molecule has 0 amide bonds. The van der Waals surface area contributed by atoms with Gasteiger partial charge in [0.1, 0.15) is 0 Å². The van der Waals surface area contributed by atoms with Crippen molar-refractivity contribution in [1.82, 2.24) is 0 Å². The van der Waals surface area contributed by atoms with E-state index >= 15 is 0 Å². The van der Waals surface area contributed by atoms with E-state index < -0.39 is 8.32 Å². The van der Waals surface area contributed by atoms with Gasteiger partial charge >= 0.3 is 0 Å². The van der Waals surface area contributed by atoms with Crippen LogP contribution < -0.4 is 0 Å². The van der Waals surface area contributed by atoms with Gasteiger partial charge in [-0.2, -0.15) is 0 Å². The minimum atomic E-state index is -1.75. The third-order valence-corrected chi connectivity index (χ3v) is 11.6. The van der Waals surface area contributed by atoms with E-state index in [1.165, 1.54) is 11.1 Å². The van der Waals surface area contributed by atoms with Gasteiger partial charge in [-0.3, -0.25) is 4.79 Å². The number of carbonyl (C=O) groups is 1. The molecule has 1 heterocycles.